The summed E-state index contributed by atoms with van der Waals surface area (Å²) in [7, 11) is -3.86. The van der Waals surface area contributed by atoms with Crippen LogP contribution in [0.4, 0.5) is 5.69 Å². The van der Waals surface area contributed by atoms with Crippen molar-refractivity contribution < 1.29 is 13.2 Å². The molecule has 7 nitrogen and oxygen atoms in total. The molecule has 3 N–H and O–H groups in total. The fourth-order valence-corrected chi connectivity index (χ4v) is 5.14. The van der Waals surface area contributed by atoms with Crippen LogP contribution < -0.4 is 11.1 Å². The highest BCUT2D eigenvalue weighted by Gasteiger charge is 2.30. The molecular weight excluding hydrogens is 424 g/mol. The van der Waals surface area contributed by atoms with Gasteiger partial charge in [-0.25, -0.2) is 8.42 Å². The molecule has 2 aromatic rings. The van der Waals surface area contributed by atoms with Crippen molar-refractivity contribution in [3.05, 3.63) is 34.6 Å². The quantitative estimate of drug-likeness (QED) is 0.661. The van der Waals surface area contributed by atoms with Crippen molar-refractivity contribution in [2.45, 2.75) is 76.8 Å². The van der Waals surface area contributed by atoms with E-state index in [1.807, 2.05) is 20.8 Å². The topological polar surface area (TPSA) is 107 Å². The monoisotopic (exact) mass is 454 g/mol. The van der Waals surface area contributed by atoms with Crippen LogP contribution in [-0.4, -0.2) is 30.1 Å². The Hall–Kier alpha value is -1.90. The van der Waals surface area contributed by atoms with Crippen LogP contribution in [0.1, 0.15) is 52.9 Å². The number of carbonyl (C=O) groups is 1. The first kappa shape index (κ1) is 24.4. The molecule has 0 unspecified atom stereocenters. The number of sulfone groups is 1. The second kappa shape index (κ2) is 9.08. The zero-order valence-electron chi connectivity index (χ0n) is 18.4. The maximum absolute atomic E-state index is 13.5. The molecule has 30 heavy (non-hydrogen) atoms. The van der Waals surface area contributed by atoms with Crippen molar-refractivity contribution in [1.29, 1.82) is 0 Å². The molecule has 0 saturated carbocycles. The van der Waals surface area contributed by atoms with E-state index in [2.05, 4.69) is 10.4 Å². The molecule has 0 spiro atoms. The lowest BCUT2D eigenvalue weighted by atomic mass is 9.95. The second-order valence-corrected chi connectivity index (χ2v) is 10.7. The van der Waals surface area contributed by atoms with Gasteiger partial charge in [0.1, 0.15) is 4.90 Å². The molecule has 2 rings (SSSR count). The highest BCUT2D eigenvalue weighted by molar-refractivity contribution is 7.91. The smallest absolute Gasteiger partial charge is 0.229 e. The van der Waals surface area contributed by atoms with Crippen LogP contribution in [0.5, 0.6) is 0 Å². The molecule has 1 aromatic carbocycles. The van der Waals surface area contributed by atoms with Crippen LogP contribution >= 0.6 is 11.6 Å². The lowest BCUT2D eigenvalue weighted by molar-refractivity contribution is -0.123. The number of anilines is 1. The third kappa shape index (κ3) is 5.04. The first-order valence-electron chi connectivity index (χ1n) is 10.0. The summed E-state index contributed by atoms with van der Waals surface area (Å²) in [6.07, 6.45) is 0.975. The number of carbonyl (C=O) groups excluding carboxylic acids is 1. The number of hydrogen-bond acceptors (Lipinski definition) is 5. The van der Waals surface area contributed by atoms with Crippen molar-refractivity contribution in [2.75, 3.05) is 5.32 Å². The lowest BCUT2D eigenvalue weighted by Crippen LogP contribution is -2.27. The van der Waals surface area contributed by atoms with E-state index < -0.39 is 15.3 Å². The van der Waals surface area contributed by atoms with Crippen LogP contribution in [0.15, 0.2) is 28.0 Å². The molecule has 1 atom stereocenters. The largest absolute Gasteiger partial charge is 0.326 e. The van der Waals surface area contributed by atoms with Gasteiger partial charge in [-0.1, -0.05) is 46.2 Å². The SMILES string of the molecule is CCc1nn(C[C@H](C)N)c(CC)c1S(=O)(=O)c1ccc(NC(=O)C(C)(C)C)c(Cl)c1. The zero-order valence-corrected chi connectivity index (χ0v) is 20.0. The second-order valence-electron chi connectivity index (χ2n) is 8.44. The number of rotatable bonds is 7. The average Bonchev–Trinajstić information content (AvgIpc) is 2.99. The number of halogens is 1. The molecule has 0 radical (unpaired) electrons. The van der Waals surface area contributed by atoms with Crippen LogP contribution in [0.3, 0.4) is 0 Å². The van der Waals surface area contributed by atoms with Crippen molar-refractivity contribution in [3.8, 4) is 0 Å². The Morgan fingerprint density at radius 3 is 2.37 bits per heavy atom. The Morgan fingerprint density at radius 2 is 1.90 bits per heavy atom. The van der Waals surface area contributed by atoms with Crippen LogP contribution in [-0.2, 0) is 34.0 Å². The minimum atomic E-state index is -3.86. The Morgan fingerprint density at radius 1 is 1.27 bits per heavy atom. The average molecular weight is 455 g/mol. The predicted molar refractivity (Wildman–Crippen MR) is 120 cm³/mol. The van der Waals surface area contributed by atoms with Gasteiger partial charge in [-0.3, -0.25) is 9.48 Å². The van der Waals surface area contributed by atoms with Gasteiger partial charge in [0, 0.05) is 11.5 Å². The Labute approximate surface area is 183 Å². The van der Waals surface area contributed by atoms with Crippen molar-refractivity contribution in [3.63, 3.8) is 0 Å². The fraction of sp³-hybridized carbons (Fsp3) is 0.524. The number of aromatic nitrogens is 2. The Kier molecular flexibility index (Phi) is 7.37. The summed E-state index contributed by atoms with van der Waals surface area (Å²) >= 11 is 6.32. The minimum Gasteiger partial charge on any atom is -0.326 e. The Bertz CT molecular complexity index is 1040. The number of hydrogen-bond donors (Lipinski definition) is 2. The number of nitrogens with one attached hydrogen (secondary N) is 1. The van der Waals surface area contributed by atoms with Crippen molar-refractivity contribution >= 4 is 33.0 Å². The number of amides is 1. The van der Waals surface area contributed by atoms with E-state index in [0.29, 0.717) is 36.5 Å². The van der Waals surface area contributed by atoms with E-state index in [1.54, 1.807) is 25.5 Å². The van der Waals surface area contributed by atoms with Gasteiger partial charge in [-0.15, -0.1) is 0 Å². The highest BCUT2D eigenvalue weighted by Crippen LogP contribution is 2.33. The van der Waals surface area contributed by atoms with Crippen LogP contribution in [0, 0.1) is 5.41 Å². The van der Waals surface area contributed by atoms with E-state index in [-0.39, 0.29) is 26.8 Å². The minimum absolute atomic E-state index is 0.0611. The molecule has 0 bridgehead atoms. The van der Waals surface area contributed by atoms with Gasteiger partial charge in [-0.2, -0.15) is 5.10 Å². The summed E-state index contributed by atoms with van der Waals surface area (Å²) in [5, 5.41) is 7.41. The number of benzene rings is 1. The highest BCUT2D eigenvalue weighted by atomic mass is 35.5. The van der Waals surface area contributed by atoms with Crippen LogP contribution in [0.2, 0.25) is 5.02 Å². The maximum Gasteiger partial charge on any atom is 0.229 e. The summed E-state index contributed by atoms with van der Waals surface area (Å²) in [5.74, 6) is -0.210. The van der Waals surface area contributed by atoms with Gasteiger partial charge in [0.2, 0.25) is 15.7 Å². The third-order valence-electron chi connectivity index (χ3n) is 4.66. The van der Waals surface area contributed by atoms with Crippen molar-refractivity contribution in [1.82, 2.24) is 9.78 Å². The summed E-state index contributed by atoms with van der Waals surface area (Å²) < 4.78 is 28.7. The molecule has 0 aliphatic carbocycles. The first-order chi connectivity index (χ1) is 13.8. The number of nitrogens with two attached hydrogens (primary N) is 1. The van der Waals surface area contributed by atoms with E-state index in [0.717, 1.165) is 0 Å². The van der Waals surface area contributed by atoms with Crippen LogP contribution in [0.25, 0.3) is 0 Å². The molecule has 166 valence electrons. The fourth-order valence-electron chi connectivity index (χ4n) is 3.04. The molecule has 0 aliphatic heterocycles. The number of aryl methyl sites for hydroxylation is 1. The van der Waals surface area contributed by atoms with Gasteiger partial charge >= 0.3 is 0 Å². The standard InChI is InChI=1S/C21H31ClN4O3S/c1-7-16-19(18(8-2)26(25-16)12-13(3)23)30(28,29)14-9-10-17(15(22)11-14)24-20(27)21(4,5)6/h9-11,13H,7-8,12,23H2,1-6H3,(H,24,27)/t13-/m0/s1. The van der Waals surface area contributed by atoms with E-state index >= 15 is 0 Å². The molecule has 1 amide bonds. The van der Waals surface area contributed by atoms with E-state index in [9.17, 15) is 13.2 Å². The van der Waals surface area contributed by atoms with Crippen molar-refractivity contribution in [2.24, 2.45) is 11.1 Å². The maximum atomic E-state index is 13.5. The zero-order chi connectivity index (χ0) is 22.9. The molecule has 1 aromatic heterocycles. The van der Waals surface area contributed by atoms with Gasteiger partial charge in [0.05, 0.1) is 33.5 Å². The lowest BCUT2D eigenvalue weighted by Gasteiger charge is -2.18. The molecular formula is C21H31ClN4O3S. The Balaban J connectivity index is 2.53. The summed E-state index contributed by atoms with van der Waals surface area (Å²) in [4.78, 5) is 12.5. The van der Waals surface area contributed by atoms with Gasteiger partial charge < -0.3 is 11.1 Å². The summed E-state index contributed by atoms with van der Waals surface area (Å²) in [5.41, 5.74) is 6.82. The first-order valence-corrected chi connectivity index (χ1v) is 11.9. The summed E-state index contributed by atoms with van der Waals surface area (Å²) in [6.45, 7) is 11.4. The molecule has 9 heteroatoms. The van der Waals surface area contributed by atoms with Gasteiger partial charge in [0.15, 0.2) is 0 Å². The van der Waals surface area contributed by atoms with E-state index in [4.69, 9.17) is 17.3 Å². The van der Waals surface area contributed by atoms with Gasteiger partial charge in [0.25, 0.3) is 0 Å². The molecule has 1 heterocycles. The molecule has 0 aliphatic rings. The van der Waals surface area contributed by atoms with Gasteiger partial charge in [-0.05, 0) is 38.0 Å². The summed E-state index contributed by atoms with van der Waals surface area (Å²) in [6, 6.07) is 4.19. The van der Waals surface area contributed by atoms with E-state index in [1.165, 1.54) is 18.2 Å². The predicted octanol–water partition coefficient (Wildman–Crippen LogP) is 3.83. The normalized spacial score (nSPS) is 13.3. The molecule has 0 fully saturated rings. The number of nitrogens with zero attached hydrogens (tertiary/aromatic N) is 2. The molecule has 0 saturated heterocycles. The third-order valence-corrected chi connectivity index (χ3v) is 6.85.